The molecule has 1 aromatic carbocycles. The number of ether oxygens (including phenoxy) is 1. The number of furan rings is 1. The molecular weight excluding hydrogens is 220 g/mol. The summed E-state index contributed by atoms with van der Waals surface area (Å²) < 4.78 is 10.1. The summed E-state index contributed by atoms with van der Waals surface area (Å²) in [5.74, 6) is -0.601. The van der Waals surface area contributed by atoms with Crippen LogP contribution in [0.25, 0.3) is 11.0 Å². The van der Waals surface area contributed by atoms with E-state index in [2.05, 4.69) is 0 Å². The van der Waals surface area contributed by atoms with Crippen LogP contribution in [0.4, 0.5) is 0 Å². The van der Waals surface area contributed by atoms with Gasteiger partial charge in [0, 0.05) is 11.8 Å². The molecule has 0 saturated carbocycles. The summed E-state index contributed by atoms with van der Waals surface area (Å²) in [7, 11) is 0. The highest BCUT2D eigenvalue weighted by Crippen LogP contribution is 2.21. The van der Waals surface area contributed by atoms with Gasteiger partial charge in [-0.05, 0) is 18.6 Å². The first-order chi connectivity index (χ1) is 8.22. The first-order valence-corrected chi connectivity index (χ1v) is 5.52. The van der Waals surface area contributed by atoms with Gasteiger partial charge < -0.3 is 14.3 Å². The smallest absolute Gasteiger partial charge is 0.335 e. The molecule has 4 heteroatoms. The zero-order chi connectivity index (χ0) is 12.3. The van der Waals surface area contributed by atoms with Crippen LogP contribution in [0.1, 0.15) is 12.5 Å². The number of aliphatic hydroxyl groups is 1. The van der Waals surface area contributed by atoms with Gasteiger partial charge in [0.1, 0.15) is 5.58 Å². The number of carbonyl (C=O) groups is 1. The summed E-state index contributed by atoms with van der Waals surface area (Å²) in [6.07, 6.45) is 0.639. The van der Waals surface area contributed by atoms with Gasteiger partial charge in [-0.15, -0.1) is 0 Å². The van der Waals surface area contributed by atoms with Gasteiger partial charge >= 0.3 is 5.97 Å². The van der Waals surface area contributed by atoms with Gasteiger partial charge in [0.15, 0.2) is 6.10 Å². The third-order valence-electron chi connectivity index (χ3n) is 2.53. The minimum absolute atomic E-state index is 0.198. The summed E-state index contributed by atoms with van der Waals surface area (Å²) in [6.45, 7) is 1.97. The lowest BCUT2D eigenvalue weighted by atomic mass is 10.1. The monoisotopic (exact) mass is 234 g/mol. The van der Waals surface area contributed by atoms with E-state index in [0.29, 0.717) is 5.58 Å². The third kappa shape index (κ3) is 2.47. The van der Waals surface area contributed by atoms with Gasteiger partial charge in [-0.2, -0.15) is 0 Å². The number of aliphatic hydroxyl groups excluding tert-OH is 1. The predicted octanol–water partition coefficient (Wildman–Crippen LogP) is 1.90. The van der Waals surface area contributed by atoms with Crippen LogP contribution in [0, 0.1) is 0 Å². The summed E-state index contributed by atoms with van der Waals surface area (Å²) >= 11 is 0. The number of carbonyl (C=O) groups excluding carboxylic acids is 1. The Bertz CT molecular complexity index is 515. The first-order valence-electron chi connectivity index (χ1n) is 5.52. The summed E-state index contributed by atoms with van der Waals surface area (Å²) in [6, 6.07) is 7.45. The number of rotatable bonds is 4. The highest BCUT2D eigenvalue weighted by molar-refractivity contribution is 5.81. The minimum atomic E-state index is -1.15. The number of benzene rings is 1. The summed E-state index contributed by atoms with van der Waals surface area (Å²) in [4.78, 5) is 11.3. The van der Waals surface area contributed by atoms with Gasteiger partial charge in [0.05, 0.1) is 12.9 Å². The fourth-order valence-electron chi connectivity index (χ4n) is 1.75. The molecule has 0 amide bonds. The van der Waals surface area contributed by atoms with Crippen molar-refractivity contribution in [2.24, 2.45) is 0 Å². The molecule has 1 unspecified atom stereocenters. The van der Waals surface area contributed by atoms with E-state index in [1.54, 1.807) is 13.2 Å². The Labute approximate surface area is 98.8 Å². The third-order valence-corrected chi connectivity index (χ3v) is 2.53. The topological polar surface area (TPSA) is 59.7 Å². The van der Waals surface area contributed by atoms with Crippen LogP contribution in [0.5, 0.6) is 0 Å². The Morgan fingerprint density at radius 2 is 2.29 bits per heavy atom. The largest absolute Gasteiger partial charge is 0.464 e. The van der Waals surface area contributed by atoms with Gasteiger partial charge in [-0.1, -0.05) is 18.2 Å². The van der Waals surface area contributed by atoms with E-state index in [-0.39, 0.29) is 13.0 Å². The van der Waals surface area contributed by atoms with Crippen molar-refractivity contribution in [1.29, 1.82) is 0 Å². The van der Waals surface area contributed by atoms with E-state index < -0.39 is 12.1 Å². The second-order valence-electron chi connectivity index (χ2n) is 3.73. The quantitative estimate of drug-likeness (QED) is 0.821. The van der Waals surface area contributed by atoms with E-state index in [9.17, 15) is 9.90 Å². The number of esters is 1. The van der Waals surface area contributed by atoms with E-state index in [1.165, 1.54) is 0 Å². The van der Waals surface area contributed by atoms with Crippen molar-refractivity contribution in [3.63, 3.8) is 0 Å². The van der Waals surface area contributed by atoms with E-state index >= 15 is 0 Å². The molecule has 2 aromatic rings. The minimum Gasteiger partial charge on any atom is -0.464 e. The Morgan fingerprint density at radius 1 is 1.47 bits per heavy atom. The molecule has 1 atom stereocenters. The van der Waals surface area contributed by atoms with E-state index in [1.807, 2.05) is 24.3 Å². The maximum atomic E-state index is 11.3. The molecule has 1 aromatic heterocycles. The van der Waals surface area contributed by atoms with Crippen molar-refractivity contribution in [2.75, 3.05) is 6.61 Å². The number of para-hydroxylation sites is 1. The molecule has 4 nitrogen and oxygen atoms in total. The van der Waals surface area contributed by atoms with Crippen molar-refractivity contribution in [2.45, 2.75) is 19.4 Å². The van der Waals surface area contributed by atoms with Crippen molar-refractivity contribution < 1.29 is 19.1 Å². The molecule has 0 aliphatic rings. The molecule has 0 aliphatic heterocycles. The maximum Gasteiger partial charge on any atom is 0.335 e. The van der Waals surface area contributed by atoms with Gasteiger partial charge in [0.2, 0.25) is 0 Å². The number of hydrogen-bond donors (Lipinski definition) is 1. The second kappa shape index (κ2) is 5.01. The molecule has 0 saturated heterocycles. The van der Waals surface area contributed by atoms with Crippen molar-refractivity contribution in [1.82, 2.24) is 0 Å². The fraction of sp³-hybridized carbons (Fsp3) is 0.308. The Morgan fingerprint density at radius 3 is 3.06 bits per heavy atom. The lowest BCUT2D eigenvalue weighted by Gasteiger charge is -2.09. The van der Waals surface area contributed by atoms with Crippen molar-refractivity contribution in [3.8, 4) is 0 Å². The average molecular weight is 234 g/mol. The molecular formula is C13H14O4. The molecule has 1 heterocycles. The normalized spacial score (nSPS) is 12.6. The molecule has 0 fully saturated rings. The Balaban J connectivity index is 2.18. The summed E-state index contributed by atoms with van der Waals surface area (Å²) in [5.41, 5.74) is 1.50. The zero-order valence-electron chi connectivity index (χ0n) is 9.55. The van der Waals surface area contributed by atoms with Crippen LogP contribution in [-0.4, -0.2) is 23.8 Å². The highest BCUT2D eigenvalue weighted by atomic mass is 16.5. The first kappa shape index (κ1) is 11.7. The molecule has 90 valence electrons. The molecule has 0 spiro atoms. The van der Waals surface area contributed by atoms with Gasteiger partial charge in [-0.3, -0.25) is 0 Å². The van der Waals surface area contributed by atoms with Crippen molar-refractivity contribution in [3.05, 3.63) is 36.1 Å². The predicted molar refractivity (Wildman–Crippen MR) is 62.6 cm³/mol. The van der Waals surface area contributed by atoms with Crippen LogP contribution in [-0.2, 0) is 16.0 Å². The summed E-state index contributed by atoms with van der Waals surface area (Å²) in [5, 5.41) is 10.6. The van der Waals surface area contributed by atoms with Gasteiger partial charge in [0.25, 0.3) is 0 Å². The zero-order valence-corrected chi connectivity index (χ0v) is 9.55. The SMILES string of the molecule is CCOC(=O)C(O)Cc1cccc2ccoc12. The molecule has 17 heavy (non-hydrogen) atoms. The highest BCUT2D eigenvalue weighted by Gasteiger charge is 2.18. The average Bonchev–Trinajstić information content (AvgIpc) is 2.78. The second-order valence-corrected chi connectivity index (χ2v) is 3.73. The molecule has 1 N–H and O–H groups in total. The maximum absolute atomic E-state index is 11.3. The van der Waals surface area contributed by atoms with Crippen LogP contribution in [0.3, 0.4) is 0 Å². The Kier molecular flexibility index (Phi) is 3.44. The number of fused-ring (bicyclic) bond motifs is 1. The van der Waals surface area contributed by atoms with E-state index in [4.69, 9.17) is 9.15 Å². The van der Waals surface area contributed by atoms with Crippen LogP contribution < -0.4 is 0 Å². The van der Waals surface area contributed by atoms with Gasteiger partial charge in [-0.25, -0.2) is 4.79 Å². The lowest BCUT2D eigenvalue weighted by Crippen LogP contribution is -2.25. The van der Waals surface area contributed by atoms with Crippen LogP contribution in [0.15, 0.2) is 34.9 Å². The van der Waals surface area contributed by atoms with E-state index in [0.717, 1.165) is 10.9 Å². The standard InChI is InChI=1S/C13H14O4/c1-2-16-13(15)11(14)8-10-5-3-4-9-6-7-17-12(9)10/h3-7,11,14H,2,8H2,1H3. The fourth-order valence-corrected chi connectivity index (χ4v) is 1.75. The molecule has 0 bridgehead atoms. The van der Waals surface area contributed by atoms with Crippen LogP contribution >= 0.6 is 0 Å². The van der Waals surface area contributed by atoms with Crippen LogP contribution in [0.2, 0.25) is 0 Å². The number of hydrogen-bond acceptors (Lipinski definition) is 4. The van der Waals surface area contributed by atoms with Crippen molar-refractivity contribution >= 4 is 16.9 Å². The molecule has 2 rings (SSSR count). The lowest BCUT2D eigenvalue weighted by molar-refractivity contribution is -0.152. The Hall–Kier alpha value is -1.81. The molecule has 0 aliphatic carbocycles. The molecule has 0 radical (unpaired) electrons.